The topological polar surface area (TPSA) is 29.1 Å². The van der Waals surface area contributed by atoms with Gasteiger partial charge in [-0.15, -0.1) is 0 Å². The Morgan fingerprint density at radius 1 is 1.16 bits per heavy atom. The van der Waals surface area contributed by atoms with E-state index in [0.29, 0.717) is 5.56 Å². The predicted molar refractivity (Wildman–Crippen MR) is 86.2 cm³/mol. The highest BCUT2D eigenvalue weighted by Gasteiger charge is 2.11. The first-order valence-corrected chi connectivity index (χ1v) is 7.28. The van der Waals surface area contributed by atoms with E-state index in [1.54, 1.807) is 0 Å². The summed E-state index contributed by atoms with van der Waals surface area (Å²) in [5, 5.41) is 3.02. The van der Waals surface area contributed by atoms with Gasteiger partial charge in [0.15, 0.2) is 0 Å². The second-order valence-corrected chi connectivity index (χ2v) is 5.73. The van der Waals surface area contributed by atoms with E-state index < -0.39 is 0 Å². The molecule has 2 rings (SSSR count). The first-order valence-electron chi connectivity index (χ1n) is 6.20. The molecule has 2 aromatic carbocycles. The van der Waals surface area contributed by atoms with E-state index >= 15 is 0 Å². The summed E-state index contributed by atoms with van der Waals surface area (Å²) in [4.78, 5) is 12.2. The molecule has 0 fully saturated rings. The van der Waals surface area contributed by atoms with Gasteiger partial charge in [-0.3, -0.25) is 4.79 Å². The van der Waals surface area contributed by atoms with Crippen molar-refractivity contribution in [2.45, 2.75) is 19.9 Å². The maximum absolute atomic E-state index is 12.2. The SMILES string of the molecule is Cc1ccc(C(=O)N[C@@H](C)c2ccccc2)cc1I. The van der Waals surface area contributed by atoms with Gasteiger partial charge in [0.05, 0.1) is 6.04 Å². The van der Waals surface area contributed by atoms with Crippen LogP contribution in [0.15, 0.2) is 48.5 Å². The Kier molecular flexibility index (Phi) is 4.58. The third-order valence-corrected chi connectivity index (χ3v) is 4.24. The van der Waals surface area contributed by atoms with Crippen molar-refractivity contribution in [2.24, 2.45) is 0 Å². The molecule has 0 heterocycles. The lowest BCUT2D eigenvalue weighted by Crippen LogP contribution is -2.26. The van der Waals surface area contributed by atoms with E-state index in [1.807, 2.05) is 62.4 Å². The van der Waals surface area contributed by atoms with Crippen LogP contribution in [0.1, 0.15) is 34.5 Å². The Morgan fingerprint density at radius 3 is 2.47 bits per heavy atom. The number of carbonyl (C=O) groups is 1. The van der Waals surface area contributed by atoms with Crippen LogP contribution in [0.25, 0.3) is 0 Å². The number of halogens is 1. The van der Waals surface area contributed by atoms with Gasteiger partial charge in [0, 0.05) is 9.13 Å². The van der Waals surface area contributed by atoms with Crippen molar-refractivity contribution in [3.63, 3.8) is 0 Å². The minimum absolute atomic E-state index is 0.00710. The van der Waals surface area contributed by atoms with Crippen LogP contribution in [-0.2, 0) is 0 Å². The standard InChI is InChI=1S/C16H16INO/c1-11-8-9-14(10-15(11)17)16(19)18-12(2)13-6-4-3-5-7-13/h3-10,12H,1-2H3,(H,18,19)/t12-/m0/s1. The van der Waals surface area contributed by atoms with Crippen LogP contribution in [0, 0.1) is 10.5 Å². The van der Waals surface area contributed by atoms with E-state index in [1.165, 1.54) is 5.56 Å². The highest BCUT2D eigenvalue weighted by atomic mass is 127. The van der Waals surface area contributed by atoms with Crippen LogP contribution in [-0.4, -0.2) is 5.91 Å². The molecule has 0 aliphatic rings. The van der Waals surface area contributed by atoms with Crippen molar-refractivity contribution in [2.75, 3.05) is 0 Å². The van der Waals surface area contributed by atoms with E-state index in [9.17, 15) is 4.79 Å². The van der Waals surface area contributed by atoms with E-state index in [4.69, 9.17) is 0 Å². The number of carbonyl (C=O) groups excluding carboxylic acids is 1. The van der Waals surface area contributed by atoms with Crippen LogP contribution in [0.5, 0.6) is 0 Å². The minimum atomic E-state index is -0.0331. The van der Waals surface area contributed by atoms with Gasteiger partial charge in [-0.25, -0.2) is 0 Å². The third kappa shape index (κ3) is 3.56. The molecule has 2 nitrogen and oxygen atoms in total. The first kappa shape index (κ1) is 14.1. The van der Waals surface area contributed by atoms with Crippen molar-refractivity contribution < 1.29 is 4.79 Å². The number of benzene rings is 2. The number of hydrogen-bond donors (Lipinski definition) is 1. The second kappa shape index (κ2) is 6.19. The molecular weight excluding hydrogens is 349 g/mol. The molecule has 0 spiro atoms. The van der Waals surface area contributed by atoms with Crippen LogP contribution >= 0.6 is 22.6 Å². The number of aryl methyl sites for hydroxylation is 1. The molecule has 0 aliphatic heterocycles. The fourth-order valence-electron chi connectivity index (χ4n) is 1.84. The molecular formula is C16H16INO. The zero-order valence-electron chi connectivity index (χ0n) is 11.0. The summed E-state index contributed by atoms with van der Waals surface area (Å²) in [6, 6.07) is 15.7. The molecule has 0 bridgehead atoms. The Hall–Kier alpha value is -1.36. The lowest BCUT2D eigenvalue weighted by molar-refractivity contribution is 0.0940. The minimum Gasteiger partial charge on any atom is -0.346 e. The van der Waals surface area contributed by atoms with Gasteiger partial charge >= 0.3 is 0 Å². The summed E-state index contributed by atoms with van der Waals surface area (Å²) < 4.78 is 1.11. The van der Waals surface area contributed by atoms with Crippen LogP contribution in [0.3, 0.4) is 0 Å². The van der Waals surface area contributed by atoms with Gasteiger partial charge in [0.25, 0.3) is 5.91 Å². The van der Waals surface area contributed by atoms with Gasteiger partial charge in [0.2, 0.25) is 0 Å². The quantitative estimate of drug-likeness (QED) is 0.816. The molecule has 0 unspecified atom stereocenters. The summed E-state index contributed by atoms with van der Waals surface area (Å²) in [5.74, 6) is -0.0331. The fourth-order valence-corrected chi connectivity index (χ4v) is 2.35. The number of rotatable bonds is 3. The lowest BCUT2D eigenvalue weighted by atomic mass is 10.1. The van der Waals surface area contributed by atoms with Gasteiger partial charge in [-0.2, -0.15) is 0 Å². The van der Waals surface area contributed by atoms with Crippen LogP contribution in [0.4, 0.5) is 0 Å². The Morgan fingerprint density at radius 2 is 1.84 bits per heavy atom. The maximum atomic E-state index is 12.2. The second-order valence-electron chi connectivity index (χ2n) is 4.57. The molecule has 0 radical (unpaired) electrons. The normalized spacial score (nSPS) is 11.9. The van der Waals surface area contributed by atoms with E-state index in [0.717, 1.165) is 9.13 Å². The molecule has 1 N–H and O–H groups in total. The van der Waals surface area contributed by atoms with E-state index in [2.05, 4.69) is 27.9 Å². The number of nitrogens with one attached hydrogen (secondary N) is 1. The molecule has 1 atom stereocenters. The van der Waals surface area contributed by atoms with Crippen LogP contribution in [0.2, 0.25) is 0 Å². The summed E-state index contributed by atoms with van der Waals surface area (Å²) in [6.45, 7) is 4.03. The molecule has 0 saturated heterocycles. The van der Waals surface area contributed by atoms with Gasteiger partial charge < -0.3 is 5.32 Å². The summed E-state index contributed by atoms with van der Waals surface area (Å²) in [5.41, 5.74) is 3.00. The van der Waals surface area contributed by atoms with Gasteiger partial charge in [-0.05, 0) is 59.7 Å². The Bertz CT molecular complexity index is 581. The summed E-state index contributed by atoms with van der Waals surface area (Å²) in [6.07, 6.45) is 0. The van der Waals surface area contributed by atoms with Crippen LogP contribution < -0.4 is 5.32 Å². The van der Waals surface area contributed by atoms with Gasteiger partial charge in [0.1, 0.15) is 0 Å². The third-order valence-electron chi connectivity index (χ3n) is 3.08. The highest BCUT2D eigenvalue weighted by Crippen LogP contribution is 2.16. The lowest BCUT2D eigenvalue weighted by Gasteiger charge is -2.14. The molecule has 0 saturated carbocycles. The summed E-state index contributed by atoms with van der Waals surface area (Å²) in [7, 11) is 0. The van der Waals surface area contributed by atoms with E-state index in [-0.39, 0.29) is 11.9 Å². The highest BCUT2D eigenvalue weighted by molar-refractivity contribution is 14.1. The Labute approximate surface area is 127 Å². The largest absolute Gasteiger partial charge is 0.346 e. The molecule has 1 amide bonds. The number of hydrogen-bond acceptors (Lipinski definition) is 1. The molecule has 0 aromatic heterocycles. The number of amides is 1. The zero-order valence-corrected chi connectivity index (χ0v) is 13.1. The van der Waals surface area contributed by atoms with Crippen molar-refractivity contribution in [3.05, 3.63) is 68.8 Å². The average molecular weight is 365 g/mol. The van der Waals surface area contributed by atoms with Crippen molar-refractivity contribution in [1.82, 2.24) is 5.32 Å². The Balaban J connectivity index is 2.11. The zero-order chi connectivity index (χ0) is 13.8. The van der Waals surface area contributed by atoms with Crippen molar-refractivity contribution in [3.8, 4) is 0 Å². The smallest absolute Gasteiger partial charge is 0.251 e. The predicted octanol–water partition coefficient (Wildman–Crippen LogP) is 4.09. The maximum Gasteiger partial charge on any atom is 0.251 e. The summed E-state index contributed by atoms with van der Waals surface area (Å²) >= 11 is 2.25. The molecule has 3 heteroatoms. The molecule has 0 aliphatic carbocycles. The molecule has 2 aromatic rings. The van der Waals surface area contributed by atoms with Crippen molar-refractivity contribution in [1.29, 1.82) is 0 Å². The molecule has 19 heavy (non-hydrogen) atoms. The average Bonchev–Trinajstić information content (AvgIpc) is 2.42. The van der Waals surface area contributed by atoms with Crippen molar-refractivity contribution >= 4 is 28.5 Å². The fraction of sp³-hybridized carbons (Fsp3) is 0.188. The van der Waals surface area contributed by atoms with Gasteiger partial charge in [-0.1, -0.05) is 36.4 Å². The monoisotopic (exact) mass is 365 g/mol. The first-order chi connectivity index (χ1) is 9.08. The molecule has 98 valence electrons.